The minimum atomic E-state index is -1.04. The van der Waals surface area contributed by atoms with Crippen LogP contribution >= 0.6 is 51.6 Å². The number of aromatic nitrogens is 1. The number of halogens is 3. The molecule has 0 saturated heterocycles. The van der Waals surface area contributed by atoms with Crippen LogP contribution in [0.2, 0.25) is 10.0 Å². The molecule has 1 aromatic heterocycles. The maximum atomic E-state index is 11.4. The van der Waals surface area contributed by atoms with E-state index in [0.717, 1.165) is 5.69 Å². The molecular weight excluding hydrogens is 585 g/mol. The molecule has 1 atom stereocenters. The monoisotopic (exact) mass is 602 g/mol. The first-order chi connectivity index (χ1) is 15.3. The van der Waals surface area contributed by atoms with Crippen LogP contribution < -0.4 is 15.1 Å². The summed E-state index contributed by atoms with van der Waals surface area (Å²) in [6.07, 6.45) is 3.40. The third-order valence-electron chi connectivity index (χ3n) is 4.59. The smallest absolute Gasteiger partial charge is 0.337 e. The molecule has 1 unspecified atom stereocenters. The maximum absolute atomic E-state index is 11.4. The number of benzene rings is 2. The van der Waals surface area contributed by atoms with Crippen molar-refractivity contribution < 1.29 is 14.6 Å². The Hall–Kier alpha value is -2.13. The summed E-state index contributed by atoms with van der Waals surface area (Å²) < 4.78 is 5.90. The molecule has 4 N–H and O–H groups in total. The van der Waals surface area contributed by atoms with E-state index in [1.807, 2.05) is 6.07 Å². The number of pyridine rings is 1. The van der Waals surface area contributed by atoms with Gasteiger partial charge in [-0.05, 0) is 52.4 Å². The maximum Gasteiger partial charge on any atom is 0.337 e. The van der Waals surface area contributed by atoms with Gasteiger partial charge in [0.25, 0.3) is 0 Å². The predicted octanol–water partition coefficient (Wildman–Crippen LogP) is 6.48. The summed E-state index contributed by atoms with van der Waals surface area (Å²) in [4.78, 5) is 15.3. The lowest BCUT2D eigenvalue weighted by Crippen LogP contribution is -2.09. The summed E-state index contributed by atoms with van der Waals surface area (Å²) in [5.41, 5.74) is 3.36. The quantitative estimate of drug-likeness (QED) is 0.127. The second-order valence-electron chi connectivity index (χ2n) is 6.49. The number of nitrogens with one attached hydrogen (secondary N) is 3. The lowest BCUT2D eigenvalue weighted by molar-refractivity contribution is 0.0698. The second-order valence-corrected chi connectivity index (χ2v) is 9.36. The van der Waals surface area contributed by atoms with Crippen molar-refractivity contribution in [3.63, 3.8) is 0 Å². The van der Waals surface area contributed by atoms with Gasteiger partial charge >= 0.3 is 5.97 Å². The van der Waals surface area contributed by atoms with E-state index in [-0.39, 0.29) is 17.9 Å². The first kappa shape index (κ1) is 24.5. The molecule has 0 aliphatic heterocycles. The largest absolute Gasteiger partial charge is 0.489 e. The number of hydrogen-bond acceptors (Lipinski definition) is 6. The highest BCUT2D eigenvalue weighted by Gasteiger charge is 2.16. The molecule has 166 valence electrons. The molecule has 3 rings (SSSR count). The van der Waals surface area contributed by atoms with Crippen molar-refractivity contribution in [1.29, 1.82) is 5.41 Å². The minimum Gasteiger partial charge on any atom is -0.489 e. The molecule has 32 heavy (non-hydrogen) atoms. The average molecular weight is 603 g/mol. The van der Waals surface area contributed by atoms with E-state index in [1.54, 1.807) is 31.3 Å². The summed E-state index contributed by atoms with van der Waals surface area (Å²) in [5, 5.41) is 25.1. The lowest BCUT2D eigenvalue weighted by Gasteiger charge is -2.16. The van der Waals surface area contributed by atoms with Crippen molar-refractivity contribution in [3.05, 3.63) is 81.1 Å². The predicted molar refractivity (Wildman–Crippen MR) is 140 cm³/mol. The highest BCUT2D eigenvalue weighted by atomic mass is 127. The van der Waals surface area contributed by atoms with Gasteiger partial charge < -0.3 is 20.2 Å². The van der Waals surface area contributed by atoms with Crippen LogP contribution in [0.1, 0.15) is 27.0 Å². The molecule has 0 bridgehead atoms. The zero-order valence-corrected chi connectivity index (χ0v) is 21.3. The number of carboxylic acid groups (broad SMARTS) is 1. The van der Waals surface area contributed by atoms with Crippen molar-refractivity contribution in [2.75, 3.05) is 17.5 Å². The van der Waals surface area contributed by atoms with Gasteiger partial charge in [-0.3, -0.25) is 10.4 Å². The molecule has 0 spiro atoms. The first-order valence-electron chi connectivity index (χ1n) is 9.16. The number of carboxylic acids is 1. The Morgan fingerprint density at radius 2 is 1.88 bits per heavy atom. The summed E-state index contributed by atoms with van der Waals surface area (Å²) in [7, 11) is 1.64. The van der Waals surface area contributed by atoms with Gasteiger partial charge in [0.2, 0.25) is 0 Å². The lowest BCUT2D eigenvalue weighted by atomic mass is 9.98. The van der Waals surface area contributed by atoms with Gasteiger partial charge in [0.1, 0.15) is 12.4 Å². The van der Waals surface area contributed by atoms with E-state index in [1.165, 1.54) is 18.5 Å². The molecule has 0 amide bonds. The van der Waals surface area contributed by atoms with E-state index in [2.05, 4.69) is 37.4 Å². The molecule has 0 aliphatic carbocycles. The van der Waals surface area contributed by atoms with Crippen LogP contribution in [0, 0.1) is 5.41 Å². The van der Waals surface area contributed by atoms with Crippen molar-refractivity contribution in [1.82, 2.24) is 4.98 Å². The fourth-order valence-electron chi connectivity index (χ4n) is 2.96. The van der Waals surface area contributed by atoms with Gasteiger partial charge in [-0.15, -0.1) is 0 Å². The number of nitrogens with zero attached hydrogens (tertiary/aromatic N) is 1. The first-order valence-corrected chi connectivity index (χ1v) is 14.0. The molecule has 7 nitrogen and oxygen atoms in total. The Bertz CT molecular complexity index is 1160. The SMILES string of the molecule is CNc1cc(C(=N)c2cc(OCc3c(Cl)cncc3Cl)ccc2NPI)ccc1C(=O)O. The zero-order valence-electron chi connectivity index (χ0n) is 16.7. The topological polar surface area (TPSA) is 107 Å². The molecular formula is C21H18Cl2IN4O3P. The van der Waals surface area contributed by atoms with Crippen LogP contribution in [-0.4, -0.2) is 28.8 Å². The van der Waals surface area contributed by atoms with Crippen LogP contribution in [0.25, 0.3) is 0 Å². The average Bonchev–Trinajstić information content (AvgIpc) is 2.78. The van der Waals surface area contributed by atoms with E-state index in [9.17, 15) is 9.90 Å². The fraction of sp³-hybridized carbons (Fsp3) is 0.0952. The van der Waals surface area contributed by atoms with Gasteiger partial charge in [-0.2, -0.15) is 0 Å². The Balaban J connectivity index is 1.94. The minimum absolute atomic E-state index is 0.138. The molecule has 2 aromatic carbocycles. The van der Waals surface area contributed by atoms with Crippen molar-refractivity contribution in [2.24, 2.45) is 0 Å². The van der Waals surface area contributed by atoms with E-state index in [0.29, 0.717) is 44.5 Å². The number of anilines is 2. The molecule has 0 radical (unpaired) electrons. The Morgan fingerprint density at radius 3 is 2.50 bits per heavy atom. The number of carbonyl (C=O) groups is 1. The third kappa shape index (κ3) is 5.61. The highest BCUT2D eigenvalue weighted by molar-refractivity contribution is 14.2. The fourth-order valence-corrected chi connectivity index (χ4v) is 4.63. The van der Waals surface area contributed by atoms with Gasteiger partial charge in [0.15, 0.2) is 0 Å². The summed E-state index contributed by atoms with van der Waals surface area (Å²) in [6.45, 7) is 0.144. The van der Waals surface area contributed by atoms with Gasteiger partial charge in [0, 0.05) is 53.9 Å². The number of rotatable bonds is 9. The van der Waals surface area contributed by atoms with Crippen LogP contribution in [0.4, 0.5) is 11.4 Å². The van der Waals surface area contributed by atoms with Gasteiger partial charge in [-0.25, -0.2) is 4.79 Å². The Morgan fingerprint density at radius 1 is 1.16 bits per heavy atom. The van der Waals surface area contributed by atoms with E-state index < -0.39 is 5.97 Å². The third-order valence-corrected chi connectivity index (χ3v) is 6.41. The van der Waals surface area contributed by atoms with Crippen LogP contribution in [0.3, 0.4) is 0 Å². The number of aromatic carboxylic acids is 1. The van der Waals surface area contributed by atoms with Crippen molar-refractivity contribution >= 4 is 74.7 Å². The number of ether oxygens (including phenoxy) is 1. The molecule has 11 heteroatoms. The van der Waals surface area contributed by atoms with Crippen LogP contribution in [-0.2, 0) is 6.61 Å². The van der Waals surface area contributed by atoms with Crippen LogP contribution in [0.15, 0.2) is 48.8 Å². The molecule has 0 saturated carbocycles. The van der Waals surface area contributed by atoms with E-state index in [4.69, 9.17) is 33.3 Å². The zero-order chi connectivity index (χ0) is 23.3. The molecule has 1 heterocycles. The van der Waals surface area contributed by atoms with E-state index >= 15 is 0 Å². The van der Waals surface area contributed by atoms with Crippen molar-refractivity contribution in [2.45, 2.75) is 6.61 Å². The standard InChI is InChI=1S/C21H18Cl2IN4O3P/c1-26-19-6-11(2-4-13(19)21(29)30)20(25)14-7-12(3-5-18(14)28-32-24)31-10-15-16(22)8-27-9-17(15)23/h2-9,25-26,28,32H,10H2,1H3,(H,29,30). The highest BCUT2D eigenvalue weighted by Crippen LogP contribution is 2.32. The van der Waals surface area contributed by atoms with Gasteiger partial charge in [0.05, 0.1) is 21.3 Å². The van der Waals surface area contributed by atoms with Gasteiger partial charge in [-0.1, -0.05) is 29.3 Å². The summed E-state index contributed by atoms with van der Waals surface area (Å²) in [5.74, 6) is -0.503. The Labute approximate surface area is 209 Å². The normalized spacial score (nSPS) is 10.9. The molecule has 3 aromatic rings. The summed E-state index contributed by atoms with van der Waals surface area (Å²) in [6, 6.07) is 10.1. The van der Waals surface area contributed by atoms with Crippen molar-refractivity contribution in [3.8, 4) is 5.75 Å². The second kappa shape index (κ2) is 11.1. The molecule has 0 fully saturated rings. The molecule has 0 aliphatic rings. The summed E-state index contributed by atoms with van der Waals surface area (Å²) >= 11 is 14.6. The van der Waals surface area contributed by atoms with Crippen LogP contribution in [0.5, 0.6) is 5.75 Å². The number of hydrogen-bond donors (Lipinski definition) is 4. The Kier molecular flexibility index (Phi) is 8.53.